The number of ether oxygens (including phenoxy) is 1. The minimum Gasteiger partial charge on any atom is -0.495 e. The number of hydrogen-bond donors (Lipinski definition) is 1. The molecule has 0 saturated heterocycles. The molecule has 0 unspecified atom stereocenters. The molecule has 0 saturated carbocycles. The standard InChI is InChI=1S/C25H35N3O5S/c1-7-14-26-25(30)20(4)27(16-21-11-9-8-10-19(21)3)24(29)17-28(34(6,31)32)22-15-18(2)12-13-23(22)33-5/h8-13,15,20H,7,14,16-17H2,1-6H3,(H,26,30)/t20-/m1/s1. The Morgan fingerprint density at radius 2 is 1.79 bits per heavy atom. The number of sulfonamides is 1. The van der Waals surface area contributed by atoms with Gasteiger partial charge in [0, 0.05) is 13.1 Å². The first-order chi connectivity index (χ1) is 16.0. The molecule has 9 heteroatoms. The summed E-state index contributed by atoms with van der Waals surface area (Å²) in [4.78, 5) is 27.8. The fourth-order valence-corrected chi connectivity index (χ4v) is 4.38. The number of carbonyl (C=O) groups is 2. The highest BCUT2D eigenvalue weighted by molar-refractivity contribution is 7.92. The second kappa shape index (κ2) is 11.9. The number of methoxy groups -OCH3 is 1. The summed E-state index contributed by atoms with van der Waals surface area (Å²) in [6.45, 7) is 7.56. The number of hydrogen-bond acceptors (Lipinski definition) is 5. The molecular formula is C25H35N3O5S. The summed E-state index contributed by atoms with van der Waals surface area (Å²) in [6.07, 6.45) is 1.81. The van der Waals surface area contributed by atoms with Gasteiger partial charge in [0.05, 0.1) is 19.1 Å². The van der Waals surface area contributed by atoms with Crippen LogP contribution in [0.2, 0.25) is 0 Å². The Labute approximate surface area is 202 Å². The van der Waals surface area contributed by atoms with Gasteiger partial charge >= 0.3 is 0 Å². The first-order valence-corrected chi connectivity index (χ1v) is 13.1. The lowest BCUT2D eigenvalue weighted by Crippen LogP contribution is -2.51. The monoisotopic (exact) mass is 489 g/mol. The highest BCUT2D eigenvalue weighted by Gasteiger charge is 2.31. The molecule has 0 aliphatic carbocycles. The molecular weight excluding hydrogens is 454 g/mol. The molecule has 2 aromatic rings. The number of nitrogens with one attached hydrogen (secondary N) is 1. The van der Waals surface area contributed by atoms with Crippen LogP contribution in [-0.4, -0.2) is 57.6 Å². The highest BCUT2D eigenvalue weighted by Crippen LogP contribution is 2.31. The third-order valence-corrected chi connectivity index (χ3v) is 6.73. The van der Waals surface area contributed by atoms with Gasteiger partial charge in [-0.05, 0) is 56.0 Å². The van der Waals surface area contributed by atoms with Crippen molar-refractivity contribution in [1.82, 2.24) is 10.2 Å². The zero-order valence-corrected chi connectivity index (χ0v) is 21.6. The molecule has 0 radical (unpaired) electrons. The number of aryl methyl sites for hydroxylation is 2. The molecule has 2 aromatic carbocycles. The van der Waals surface area contributed by atoms with Crippen LogP contribution in [0.3, 0.4) is 0 Å². The molecule has 186 valence electrons. The molecule has 0 aliphatic rings. The summed E-state index contributed by atoms with van der Waals surface area (Å²) in [7, 11) is -2.39. The van der Waals surface area contributed by atoms with E-state index in [0.29, 0.717) is 12.3 Å². The van der Waals surface area contributed by atoms with Crippen molar-refractivity contribution in [2.75, 3.05) is 30.8 Å². The number of carbonyl (C=O) groups excluding carboxylic acids is 2. The smallest absolute Gasteiger partial charge is 0.244 e. The van der Waals surface area contributed by atoms with Crippen LogP contribution in [-0.2, 0) is 26.2 Å². The van der Waals surface area contributed by atoms with Gasteiger partial charge < -0.3 is 15.0 Å². The fourth-order valence-electron chi connectivity index (χ4n) is 3.54. The SMILES string of the molecule is CCCNC(=O)[C@@H](C)N(Cc1ccccc1C)C(=O)CN(c1cc(C)ccc1OC)S(C)(=O)=O. The van der Waals surface area contributed by atoms with Gasteiger partial charge in [-0.3, -0.25) is 13.9 Å². The number of anilines is 1. The number of benzene rings is 2. The molecule has 0 aromatic heterocycles. The van der Waals surface area contributed by atoms with Crippen molar-refractivity contribution in [3.05, 3.63) is 59.2 Å². The van der Waals surface area contributed by atoms with Gasteiger partial charge in [0.15, 0.2) is 0 Å². The van der Waals surface area contributed by atoms with E-state index in [4.69, 9.17) is 4.74 Å². The summed E-state index contributed by atoms with van der Waals surface area (Å²) >= 11 is 0. The van der Waals surface area contributed by atoms with Gasteiger partial charge in [-0.15, -0.1) is 0 Å². The van der Waals surface area contributed by atoms with E-state index in [9.17, 15) is 18.0 Å². The number of amides is 2. The van der Waals surface area contributed by atoms with Crippen LogP contribution >= 0.6 is 0 Å². The van der Waals surface area contributed by atoms with Crippen LogP contribution in [0.4, 0.5) is 5.69 Å². The average molecular weight is 490 g/mol. The lowest BCUT2D eigenvalue weighted by Gasteiger charge is -2.32. The van der Waals surface area contributed by atoms with Crippen LogP contribution in [0.1, 0.15) is 37.0 Å². The summed E-state index contributed by atoms with van der Waals surface area (Å²) in [5.41, 5.74) is 2.95. The van der Waals surface area contributed by atoms with Gasteiger partial charge in [0.25, 0.3) is 0 Å². The van der Waals surface area contributed by atoms with E-state index < -0.39 is 28.5 Å². The third kappa shape index (κ3) is 6.96. The quantitative estimate of drug-likeness (QED) is 0.523. The average Bonchev–Trinajstić information content (AvgIpc) is 2.79. The van der Waals surface area contributed by atoms with E-state index in [0.717, 1.165) is 33.7 Å². The summed E-state index contributed by atoms with van der Waals surface area (Å²) in [6, 6.07) is 11.9. The predicted octanol–water partition coefficient (Wildman–Crippen LogP) is 3.02. The van der Waals surface area contributed by atoms with Crippen LogP contribution < -0.4 is 14.4 Å². The normalized spacial score (nSPS) is 12.1. The van der Waals surface area contributed by atoms with Crippen molar-refractivity contribution < 1.29 is 22.7 Å². The van der Waals surface area contributed by atoms with Crippen LogP contribution in [0, 0.1) is 13.8 Å². The molecule has 0 bridgehead atoms. The lowest BCUT2D eigenvalue weighted by molar-refractivity contribution is -0.139. The number of rotatable bonds is 11. The molecule has 0 aliphatic heterocycles. The van der Waals surface area contributed by atoms with Gasteiger partial charge in [-0.1, -0.05) is 37.3 Å². The minimum absolute atomic E-state index is 0.175. The molecule has 2 amide bonds. The van der Waals surface area contributed by atoms with Crippen LogP contribution in [0.25, 0.3) is 0 Å². The van der Waals surface area contributed by atoms with Gasteiger partial charge in [0.1, 0.15) is 18.3 Å². The van der Waals surface area contributed by atoms with Gasteiger partial charge in [-0.25, -0.2) is 8.42 Å². The molecule has 8 nitrogen and oxygen atoms in total. The molecule has 0 fully saturated rings. The Balaban J connectivity index is 2.46. The fraction of sp³-hybridized carbons (Fsp3) is 0.440. The summed E-state index contributed by atoms with van der Waals surface area (Å²) < 4.78 is 31.9. The maximum absolute atomic E-state index is 13.6. The second-order valence-corrected chi connectivity index (χ2v) is 10.3. The maximum atomic E-state index is 13.6. The van der Waals surface area contributed by atoms with Gasteiger partial charge in [0.2, 0.25) is 21.8 Å². The van der Waals surface area contributed by atoms with Crippen molar-refractivity contribution in [3.63, 3.8) is 0 Å². The zero-order valence-electron chi connectivity index (χ0n) is 20.8. The van der Waals surface area contributed by atoms with E-state index >= 15 is 0 Å². The Morgan fingerprint density at radius 1 is 1.12 bits per heavy atom. The molecule has 0 spiro atoms. The molecule has 1 N–H and O–H groups in total. The molecule has 2 rings (SSSR count). The summed E-state index contributed by atoms with van der Waals surface area (Å²) in [5, 5.41) is 2.82. The lowest BCUT2D eigenvalue weighted by atomic mass is 10.1. The molecule has 1 atom stereocenters. The minimum atomic E-state index is -3.83. The first-order valence-electron chi connectivity index (χ1n) is 11.2. The predicted molar refractivity (Wildman–Crippen MR) is 134 cm³/mol. The molecule has 34 heavy (non-hydrogen) atoms. The highest BCUT2D eigenvalue weighted by atomic mass is 32.2. The first kappa shape index (κ1) is 27.2. The maximum Gasteiger partial charge on any atom is 0.244 e. The van der Waals surface area contributed by atoms with Crippen molar-refractivity contribution in [1.29, 1.82) is 0 Å². The van der Waals surface area contributed by atoms with Crippen molar-refractivity contribution in [2.24, 2.45) is 0 Å². The van der Waals surface area contributed by atoms with E-state index in [1.165, 1.54) is 12.0 Å². The number of nitrogens with zero attached hydrogens (tertiary/aromatic N) is 2. The second-order valence-electron chi connectivity index (χ2n) is 8.36. The zero-order chi connectivity index (χ0) is 25.5. The van der Waals surface area contributed by atoms with Crippen molar-refractivity contribution >= 4 is 27.5 Å². The van der Waals surface area contributed by atoms with E-state index in [2.05, 4.69) is 5.32 Å². The van der Waals surface area contributed by atoms with Crippen molar-refractivity contribution in [2.45, 2.75) is 46.7 Å². The van der Waals surface area contributed by atoms with Crippen LogP contribution in [0.5, 0.6) is 5.75 Å². The topological polar surface area (TPSA) is 96.0 Å². The largest absolute Gasteiger partial charge is 0.495 e. The Morgan fingerprint density at radius 3 is 2.38 bits per heavy atom. The van der Waals surface area contributed by atoms with Crippen molar-refractivity contribution in [3.8, 4) is 5.75 Å². The Kier molecular flexibility index (Phi) is 9.49. The van der Waals surface area contributed by atoms with Crippen LogP contribution in [0.15, 0.2) is 42.5 Å². The van der Waals surface area contributed by atoms with E-state index in [1.807, 2.05) is 45.0 Å². The van der Waals surface area contributed by atoms with Gasteiger partial charge in [-0.2, -0.15) is 0 Å². The Hall–Kier alpha value is -3.07. The van der Waals surface area contributed by atoms with E-state index in [-0.39, 0.29) is 18.1 Å². The van der Waals surface area contributed by atoms with E-state index in [1.54, 1.807) is 25.1 Å². The molecule has 0 heterocycles. The summed E-state index contributed by atoms with van der Waals surface area (Å²) in [5.74, 6) is -0.442. The third-order valence-electron chi connectivity index (χ3n) is 5.60. The Bertz CT molecular complexity index is 1120.